The minimum absolute atomic E-state index is 0.0935. The van der Waals surface area contributed by atoms with E-state index < -0.39 is 48.4 Å². The van der Waals surface area contributed by atoms with Gasteiger partial charge in [-0.3, -0.25) is 4.90 Å². The Morgan fingerprint density at radius 1 is 1.18 bits per heavy atom. The number of hydrogen-bond acceptors (Lipinski definition) is 4. The quantitative estimate of drug-likeness (QED) is 0.637. The third kappa shape index (κ3) is 3.32. The first-order valence-electron chi connectivity index (χ1n) is 7.05. The molecule has 0 radical (unpaired) electrons. The fraction of sp³-hybridized carbons (Fsp3) is 0.846. The number of halogens is 4. The van der Waals surface area contributed by atoms with Crippen LogP contribution in [0.25, 0.3) is 0 Å². The number of β-amino-alcohol motifs (C(OH)–C–C–N with tert-alkyl or cyclic N) is 1. The predicted octanol–water partition coefficient (Wildman–Crippen LogP) is 2.08. The van der Waals surface area contributed by atoms with Gasteiger partial charge in [0.05, 0.1) is 22.9 Å². The van der Waals surface area contributed by atoms with Crippen molar-refractivity contribution < 1.29 is 32.0 Å². The van der Waals surface area contributed by atoms with Gasteiger partial charge in [0, 0.05) is 19.6 Å². The second-order valence-corrected chi connectivity index (χ2v) is 6.76. The van der Waals surface area contributed by atoms with Gasteiger partial charge in [-0.05, 0) is 27.7 Å². The summed E-state index contributed by atoms with van der Waals surface area (Å²) in [4.78, 5) is 1.32. The minimum Gasteiger partial charge on any atom is -0.398 e. The zero-order valence-electron chi connectivity index (χ0n) is 13.0. The highest BCUT2D eigenvalue weighted by Crippen LogP contribution is 2.41. The van der Waals surface area contributed by atoms with Gasteiger partial charge in [0.25, 0.3) is 0 Å². The molecule has 0 atom stereocenters. The van der Waals surface area contributed by atoms with E-state index in [4.69, 9.17) is 14.4 Å². The molecule has 2 fully saturated rings. The van der Waals surface area contributed by atoms with Crippen LogP contribution in [0.5, 0.6) is 0 Å². The predicted molar refractivity (Wildman–Crippen MR) is 72.7 cm³/mol. The number of hydrogen-bond donors (Lipinski definition) is 1. The van der Waals surface area contributed by atoms with Crippen molar-refractivity contribution in [3.63, 3.8) is 0 Å². The van der Waals surface area contributed by atoms with E-state index in [1.807, 2.05) is 0 Å². The molecule has 0 spiro atoms. The van der Waals surface area contributed by atoms with Crippen LogP contribution in [-0.2, 0) is 9.31 Å². The average Bonchev–Trinajstić information content (AvgIpc) is 2.50. The van der Waals surface area contributed by atoms with Crippen molar-refractivity contribution >= 4 is 7.12 Å². The van der Waals surface area contributed by atoms with E-state index in [-0.39, 0.29) is 13.1 Å². The second-order valence-electron chi connectivity index (χ2n) is 6.76. The Labute approximate surface area is 127 Å². The first-order valence-corrected chi connectivity index (χ1v) is 7.05. The van der Waals surface area contributed by atoms with Crippen molar-refractivity contribution in [1.29, 1.82) is 0 Å². The lowest BCUT2D eigenvalue weighted by atomic mass is 9.84. The molecule has 0 bridgehead atoms. The van der Waals surface area contributed by atoms with Crippen LogP contribution in [0, 0.1) is 0 Å². The maximum Gasteiger partial charge on any atom is 0.525 e. The van der Waals surface area contributed by atoms with E-state index in [0.717, 1.165) is 0 Å². The fourth-order valence-electron chi connectivity index (χ4n) is 2.28. The second kappa shape index (κ2) is 5.47. The molecule has 0 aromatic heterocycles. The van der Waals surface area contributed by atoms with Crippen LogP contribution in [0.3, 0.4) is 0 Å². The van der Waals surface area contributed by atoms with Gasteiger partial charge < -0.3 is 14.4 Å². The Hall–Kier alpha value is -0.635. The molecule has 2 saturated heterocycles. The summed E-state index contributed by atoms with van der Waals surface area (Å²) in [7, 11) is -1.67. The van der Waals surface area contributed by atoms with Crippen molar-refractivity contribution in [1.82, 2.24) is 4.90 Å². The molecule has 2 rings (SSSR count). The Bertz CT molecular complexity index is 456. The summed E-state index contributed by atoms with van der Waals surface area (Å²) in [5.74, 6) is 0. The molecular formula is C13H20BF4NO3. The highest BCUT2D eigenvalue weighted by atomic mass is 19.4. The van der Waals surface area contributed by atoms with Gasteiger partial charge in [-0.15, -0.1) is 0 Å². The van der Waals surface area contributed by atoms with Crippen molar-refractivity contribution in [3.8, 4) is 0 Å². The smallest absolute Gasteiger partial charge is 0.398 e. The molecule has 126 valence electrons. The third-order valence-electron chi connectivity index (χ3n) is 4.41. The first-order chi connectivity index (χ1) is 9.83. The summed E-state index contributed by atoms with van der Waals surface area (Å²) in [5, 5.41) is 9.14. The van der Waals surface area contributed by atoms with Crippen LogP contribution in [0.2, 0.25) is 0 Å². The molecule has 0 aliphatic carbocycles. The fourth-order valence-corrected chi connectivity index (χ4v) is 2.28. The number of aliphatic hydroxyl groups excluding tert-OH is 1. The van der Waals surface area contributed by atoms with Gasteiger partial charge in [0.15, 0.2) is 0 Å². The maximum absolute atomic E-state index is 14.4. The lowest BCUT2D eigenvalue weighted by molar-refractivity contribution is -0.102. The van der Waals surface area contributed by atoms with Gasteiger partial charge in [0.1, 0.15) is 5.73 Å². The number of alkyl halides is 3. The van der Waals surface area contributed by atoms with Gasteiger partial charge in [0.2, 0.25) is 0 Å². The zero-order valence-corrected chi connectivity index (χ0v) is 13.0. The topological polar surface area (TPSA) is 41.9 Å². The summed E-state index contributed by atoms with van der Waals surface area (Å²) in [6.07, 6.45) is -5.48. The summed E-state index contributed by atoms with van der Waals surface area (Å²) >= 11 is 0. The van der Waals surface area contributed by atoms with Crippen molar-refractivity contribution in [3.05, 3.63) is 11.3 Å². The Morgan fingerprint density at radius 3 is 2.00 bits per heavy atom. The van der Waals surface area contributed by atoms with Gasteiger partial charge >= 0.3 is 13.3 Å². The van der Waals surface area contributed by atoms with Crippen LogP contribution < -0.4 is 0 Å². The molecule has 0 saturated carbocycles. The average molecular weight is 325 g/mol. The van der Waals surface area contributed by atoms with E-state index in [1.165, 1.54) is 4.90 Å². The molecule has 0 aromatic rings. The lowest BCUT2D eigenvalue weighted by Gasteiger charge is -2.36. The summed E-state index contributed by atoms with van der Waals surface area (Å²) in [6.45, 7) is 6.11. The van der Waals surface area contributed by atoms with Crippen molar-refractivity contribution in [2.45, 2.75) is 51.2 Å². The normalized spacial score (nSPS) is 26.9. The van der Waals surface area contributed by atoms with E-state index in [0.29, 0.717) is 0 Å². The van der Waals surface area contributed by atoms with Crippen molar-refractivity contribution in [2.75, 3.05) is 19.6 Å². The third-order valence-corrected chi connectivity index (χ3v) is 4.41. The molecule has 4 nitrogen and oxygen atoms in total. The number of rotatable bonds is 3. The zero-order chi connectivity index (χ0) is 16.9. The van der Waals surface area contributed by atoms with Crippen LogP contribution >= 0.6 is 0 Å². The highest BCUT2D eigenvalue weighted by Gasteiger charge is 2.55. The molecule has 1 N–H and O–H groups in total. The molecule has 2 heterocycles. The lowest BCUT2D eigenvalue weighted by Crippen LogP contribution is -2.52. The maximum atomic E-state index is 14.4. The minimum atomic E-state index is -4.83. The molecule has 0 unspecified atom stereocenters. The molecule has 2 aliphatic heterocycles. The largest absolute Gasteiger partial charge is 0.525 e. The Balaban J connectivity index is 2.23. The monoisotopic (exact) mass is 325 g/mol. The van der Waals surface area contributed by atoms with E-state index in [1.54, 1.807) is 27.7 Å². The van der Waals surface area contributed by atoms with E-state index in [2.05, 4.69) is 0 Å². The molecular weight excluding hydrogens is 305 g/mol. The number of nitrogens with zero attached hydrogens (tertiary/aromatic N) is 1. The van der Waals surface area contributed by atoms with E-state index >= 15 is 0 Å². The van der Waals surface area contributed by atoms with Crippen LogP contribution in [-0.4, -0.2) is 60.2 Å². The van der Waals surface area contributed by atoms with Crippen LogP contribution in [0.4, 0.5) is 17.6 Å². The van der Waals surface area contributed by atoms with Gasteiger partial charge in [-0.25, -0.2) is 4.39 Å². The van der Waals surface area contributed by atoms with Gasteiger partial charge in [-0.1, -0.05) is 0 Å². The van der Waals surface area contributed by atoms with Crippen LogP contribution in [0.15, 0.2) is 11.3 Å². The van der Waals surface area contributed by atoms with Gasteiger partial charge in [-0.2, -0.15) is 13.2 Å². The summed E-state index contributed by atoms with van der Waals surface area (Å²) in [5.41, 5.74) is -4.61. The van der Waals surface area contributed by atoms with Crippen LogP contribution in [0.1, 0.15) is 27.7 Å². The van der Waals surface area contributed by atoms with E-state index in [9.17, 15) is 17.6 Å². The molecule has 22 heavy (non-hydrogen) atoms. The molecule has 0 aromatic carbocycles. The standard InChI is InChI=1S/C13H20BF4NO3/c1-11(2)12(3,4)22-14(21-11)10(15)9(13(16,17)18)7-19-5-8(20)6-19/h8,20H,5-7H2,1-4H3. The highest BCUT2D eigenvalue weighted by molar-refractivity contribution is 6.53. The summed E-state index contributed by atoms with van der Waals surface area (Å²) < 4.78 is 64.4. The molecule has 2 aliphatic rings. The first kappa shape index (κ1) is 17.7. The summed E-state index contributed by atoms with van der Waals surface area (Å²) in [6, 6.07) is 0. The number of likely N-dealkylation sites (tertiary alicyclic amines) is 1. The molecule has 9 heteroatoms. The SMILES string of the molecule is CC1(C)OB(C(F)=C(CN2CC(O)C2)C(F)(F)F)OC1(C)C. The Morgan fingerprint density at radius 2 is 1.64 bits per heavy atom. The number of aliphatic hydroxyl groups is 1. The van der Waals surface area contributed by atoms with Crippen molar-refractivity contribution in [2.24, 2.45) is 0 Å². The molecule has 0 amide bonds. The Kier molecular flexibility index (Phi) is 4.40.